The van der Waals surface area contributed by atoms with Gasteiger partial charge in [-0.25, -0.2) is 4.79 Å². The van der Waals surface area contributed by atoms with Crippen molar-refractivity contribution in [3.8, 4) is 0 Å². The number of carbonyl (C=O) groups excluding carboxylic acids is 5. The second-order valence-electron chi connectivity index (χ2n) is 6.32. The largest absolute Gasteiger partial charge is 0.480 e. The molecule has 0 aromatic rings. The average molecular weight is 434 g/mol. The zero-order valence-corrected chi connectivity index (χ0v) is 16.0. The molecule has 5 atom stereocenters. The number of aliphatic hydroxyl groups excluding tert-OH is 2. The topological polar surface area (TPSA) is 277 Å². The highest BCUT2D eigenvalue weighted by Crippen LogP contribution is 2.00. The molecule has 15 nitrogen and oxygen atoms in total. The zero-order valence-electron chi connectivity index (χ0n) is 16.0. The highest BCUT2D eigenvalue weighted by atomic mass is 16.4. The Bertz CT molecular complexity index is 684. The number of nitrogens with two attached hydrogens (primary N) is 3. The van der Waals surface area contributed by atoms with Gasteiger partial charge in [-0.2, -0.15) is 0 Å². The number of carboxylic acids is 1. The number of carboxylic acid groups (broad SMARTS) is 1. The van der Waals surface area contributed by atoms with E-state index in [4.69, 9.17) is 22.3 Å². The van der Waals surface area contributed by atoms with E-state index < -0.39 is 85.2 Å². The van der Waals surface area contributed by atoms with Crippen molar-refractivity contribution in [2.75, 3.05) is 6.61 Å². The summed E-state index contributed by atoms with van der Waals surface area (Å²) in [6, 6.07) is -6.44. The number of carbonyl (C=O) groups is 6. The van der Waals surface area contributed by atoms with Crippen LogP contribution in [0.4, 0.5) is 0 Å². The Balaban J connectivity index is 5.21. The summed E-state index contributed by atoms with van der Waals surface area (Å²) in [5.41, 5.74) is 15.2. The van der Waals surface area contributed by atoms with Crippen LogP contribution in [-0.2, 0) is 28.8 Å². The third kappa shape index (κ3) is 9.26. The summed E-state index contributed by atoms with van der Waals surface area (Å²) >= 11 is 0. The molecule has 0 aliphatic rings. The Morgan fingerprint density at radius 3 is 1.73 bits per heavy atom. The number of hydrogen-bond acceptors (Lipinski definition) is 9. The van der Waals surface area contributed by atoms with E-state index in [0.29, 0.717) is 0 Å². The van der Waals surface area contributed by atoms with E-state index in [9.17, 15) is 39.0 Å². The molecule has 30 heavy (non-hydrogen) atoms. The summed E-state index contributed by atoms with van der Waals surface area (Å²) in [6.07, 6.45) is -2.81. The third-order valence-electron chi connectivity index (χ3n) is 3.66. The molecular formula is C15H26N6O9. The number of primary amides is 2. The molecule has 5 unspecified atom stereocenters. The van der Waals surface area contributed by atoms with Crippen molar-refractivity contribution >= 4 is 35.5 Å². The van der Waals surface area contributed by atoms with Gasteiger partial charge in [0.15, 0.2) is 0 Å². The maximum absolute atomic E-state index is 12.3. The van der Waals surface area contributed by atoms with Crippen LogP contribution in [0, 0.1) is 0 Å². The highest BCUT2D eigenvalue weighted by Gasteiger charge is 2.33. The standard InChI is InChI=1S/C15H26N6O9/c1-5(23)11(14(28)19-7(15(29)30)3-10(18)25)21-13(27)8(4-22)20-12(26)6(16)2-9(17)24/h5-8,11,22-23H,2-4,16H2,1H3,(H2,17,24)(H2,18,25)(H,19,28)(H,20,26)(H,21,27)(H,29,30). The van der Waals surface area contributed by atoms with Crippen LogP contribution in [0.15, 0.2) is 0 Å². The predicted octanol–water partition coefficient (Wildman–Crippen LogP) is -6.02. The van der Waals surface area contributed by atoms with Gasteiger partial charge in [0.05, 0.1) is 31.6 Å². The lowest BCUT2D eigenvalue weighted by molar-refractivity contribution is -0.144. The fourth-order valence-electron chi connectivity index (χ4n) is 2.10. The molecule has 0 rings (SSSR count). The van der Waals surface area contributed by atoms with Gasteiger partial charge in [-0.1, -0.05) is 0 Å². The predicted molar refractivity (Wildman–Crippen MR) is 97.8 cm³/mol. The van der Waals surface area contributed by atoms with Gasteiger partial charge in [-0.15, -0.1) is 0 Å². The van der Waals surface area contributed by atoms with Gasteiger partial charge < -0.3 is 48.5 Å². The van der Waals surface area contributed by atoms with Crippen molar-refractivity contribution in [3.05, 3.63) is 0 Å². The molecule has 0 aliphatic heterocycles. The minimum Gasteiger partial charge on any atom is -0.480 e. The summed E-state index contributed by atoms with van der Waals surface area (Å²) in [5.74, 6) is -6.76. The van der Waals surface area contributed by atoms with E-state index in [1.54, 1.807) is 0 Å². The van der Waals surface area contributed by atoms with E-state index in [-0.39, 0.29) is 0 Å². The maximum atomic E-state index is 12.3. The molecule has 0 saturated carbocycles. The van der Waals surface area contributed by atoms with E-state index in [2.05, 4.69) is 0 Å². The molecule has 0 aromatic carbocycles. The molecule has 170 valence electrons. The molecule has 12 N–H and O–H groups in total. The van der Waals surface area contributed by atoms with E-state index in [1.165, 1.54) is 0 Å². The van der Waals surface area contributed by atoms with Gasteiger partial charge in [0.25, 0.3) is 0 Å². The number of rotatable bonds is 13. The summed E-state index contributed by atoms with van der Waals surface area (Å²) < 4.78 is 0. The Hall–Kier alpha value is -3.30. The lowest BCUT2D eigenvalue weighted by Gasteiger charge is -2.25. The molecule has 0 saturated heterocycles. The van der Waals surface area contributed by atoms with Crippen LogP contribution in [0.1, 0.15) is 19.8 Å². The molecule has 15 heteroatoms. The quantitative estimate of drug-likeness (QED) is 0.132. The molecule has 0 radical (unpaired) electrons. The number of aliphatic hydroxyl groups is 2. The fourth-order valence-corrected chi connectivity index (χ4v) is 2.10. The monoisotopic (exact) mass is 434 g/mol. The van der Waals surface area contributed by atoms with Crippen molar-refractivity contribution in [1.29, 1.82) is 0 Å². The van der Waals surface area contributed by atoms with Crippen LogP contribution in [0.5, 0.6) is 0 Å². The van der Waals surface area contributed by atoms with Crippen LogP contribution in [0.3, 0.4) is 0 Å². The molecule has 0 aromatic heterocycles. The molecule has 0 bridgehead atoms. The van der Waals surface area contributed by atoms with Crippen molar-refractivity contribution < 1.29 is 44.1 Å². The van der Waals surface area contributed by atoms with Gasteiger partial charge >= 0.3 is 5.97 Å². The van der Waals surface area contributed by atoms with Crippen LogP contribution in [0.25, 0.3) is 0 Å². The molecule has 0 spiro atoms. The van der Waals surface area contributed by atoms with E-state index in [0.717, 1.165) is 6.92 Å². The SMILES string of the molecule is CC(O)C(NC(=O)C(CO)NC(=O)C(N)CC(N)=O)C(=O)NC(CC(N)=O)C(=O)O. The third-order valence-corrected chi connectivity index (χ3v) is 3.66. The Kier molecular flexibility index (Phi) is 10.9. The van der Waals surface area contributed by atoms with Crippen molar-refractivity contribution in [1.82, 2.24) is 16.0 Å². The second-order valence-corrected chi connectivity index (χ2v) is 6.32. The van der Waals surface area contributed by atoms with Gasteiger partial charge in [0.1, 0.15) is 18.1 Å². The van der Waals surface area contributed by atoms with Gasteiger partial charge in [-0.3, -0.25) is 24.0 Å². The number of amides is 5. The van der Waals surface area contributed by atoms with Crippen LogP contribution in [0.2, 0.25) is 0 Å². The zero-order chi connectivity index (χ0) is 23.6. The fraction of sp³-hybridized carbons (Fsp3) is 0.600. The number of hydrogen-bond donors (Lipinski definition) is 9. The minimum atomic E-state index is -1.71. The smallest absolute Gasteiger partial charge is 0.326 e. The molecule has 0 fully saturated rings. The Morgan fingerprint density at radius 1 is 0.833 bits per heavy atom. The first-order valence-corrected chi connectivity index (χ1v) is 8.55. The molecular weight excluding hydrogens is 408 g/mol. The molecule has 0 aliphatic carbocycles. The van der Waals surface area contributed by atoms with Crippen molar-refractivity contribution in [3.63, 3.8) is 0 Å². The van der Waals surface area contributed by atoms with Crippen LogP contribution >= 0.6 is 0 Å². The van der Waals surface area contributed by atoms with Crippen LogP contribution < -0.4 is 33.2 Å². The molecule has 5 amide bonds. The lowest BCUT2D eigenvalue weighted by atomic mass is 10.1. The highest BCUT2D eigenvalue weighted by molar-refractivity contribution is 5.95. The van der Waals surface area contributed by atoms with Crippen molar-refractivity contribution in [2.45, 2.75) is 50.0 Å². The second kappa shape index (κ2) is 12.3. The number of aliphatic carboxylic acids is 1. The Labute approximate surface area is 170 Å². The van der Waals surface area contributed by atoms with Crippen molar-refractivity contribution in [2.24, 2.45) is 17.2 Å². The minimum absolute atomic E-state index is 0.527. The summed E-state index contributed by atoms with van der Waals surface area (Å²) in [4.78, 5) is 69.2. The van der Waals surface area contributed by atoms with E-state index >= 15 is 0 Å². The van der Waals surface area contributed by atoms with Crippen LogP contribution in [-0.4, -0.2) is 87.7 Å². The summed E-state index contributed by atoms with van der Waals surface area (Å²) in [6.45, 7) is 0.165. The van der Waals surface area contributed by atoms with Gasteiger partial charge in [0.2, 0.25) is 29.5 Å². The normalized spacial score (nSPS) is 15.6. The average Bonchev–Trinajstić information content (AvgIpc) is 2.61. The maximum Gasteiger partial charge on any atom is 0.326 e. The van der Waals surface area contributed by atoms with E-state index in [1.807, 2.05) is 16.0 Å². The number of nitrogens with one attached hydrogen (secondary N) is 3. The van der Waals surface area contributed by atoms with Gasteiger partial charge in [-0.05, 0) is 6.92 Å². The lowest BCUT2D eigenvalue weighted by Crippen LogP contribution is -2.60. The molecule has 0 heterocycles. The Morgan fingerprint density at radius 2 is 1.33 bits per heavy atom. The summed E-state index contributed by atoms with van der Waals surface area (Å²) in [5, 5.41) is 34.1. The van der Waals surface area contributed by atoms with Gasteiger partial charge in [0, 0.05) is 0 Å². The first-order valence-electron chi connectivity index (χ1n) is 8.55. The first kappa shape index (κ1) is 26.7. The first-order chi connectivity index (χ1) is 13.8. The summed E-state index contributed by atoms with van der Waals surface area (Å²) in [7, 11) is 0.